The lowest BCUT2D eigenvalue weighted by molar-refractivity contribution is -0.701. The molecule has 0 aliphatic rings. The number of quaternary nitrogens is 1. The SMILES string of the molecule is CCc1ccc([C@H]([NH2+]Cc2cc(=O)oc3cc(OC)ccc23)c2cccs2)cc1. The van der Waals surface area contributed by atoms with E-state index in [1.165, 1.54) is 16.0 Å². The first kappa shape index (κ1) is 19.4. The molecule has 0 aliphatic carbocycles. The predicted molar refractivity (Wildman–Crippen MR) is 117 cm³/mol. The highest BCUT2D eigenvalue weighted by atomic mass is 32.1. The number of hydrogen-bond donors (Lipinski definition) is 1. The Hall–Kier alpha value is -2.89. The minimum atomic E-state index is -0.339. The van der Waals surface area contributed by atoms with Gasteiger partial charge in [0.05, 0.1) is 12.0 Å². The molecular formula is C24H24NO3S+. The van der Waals surface area contributed by atoms with Gasteiger partial charge in [0.25, 0.3) is 0 Å². The highest BCUT2D eigenvalue weighted by Gasteiger charge is 2.19. The highest BCUT2D eigenvalue weighted by molar-refractivity contribution is 7.10. The second-order valence-corrected chi connectivity index (χ2v) is 7.96. The van der Waals surface area contributed by atoms with Crippen molar-refractivity contribution in [3.63, 3.8) is 0 Å². The number of aryl methyl sites for hydroxylation is 1. The smallest absolute Gasteiger partial charge is 0.336 e. The first-order valence-electron chi connectivity index (χ1n) is 9.74. The van der Waals surface area contributed by atoms with Crippen LogP contribution in [0.4, 0.5) is 0 Å². The van der Waals surface area contributed by atoms with E-state index in [9.17, 15) is 4.79 Å². The molecule has 4 aromatic rings. The van der Waals surface area contributed by atoms with Crippen molar-refractivity contribution in [3.8, 4) is 5.75 Å². The molecule has 0 fully saturated rings. The van der Waals surface area contributed by atoms with Crippen molar-refractivity contribution in [3.05, 3.63) is 98.0 Å². The fraction of sp³-hybridized carbons (Fsp3) is 0.208. The number of methoxy groups -OCH3 is 1. The minimum Gasteiger partial charge on any atom is -0.497 e. The van der Waals surface area contributed by atoms with E-state index in [2.05, 4.69) is 54.0 Å². The molecule has 0 amide bonds. The molecule has 2 aromatic carbocycles. The minimum absolute atomic E-state index is 0.182. The van der Waals surface area contributed by atoms with Gasteiger partial charge in [-0.15, -0.1) is 11.3 Å². The van der Waals surface area contributed by atoms with Gasteiger partial charge in [0, 0.05) is 28.6 Å². The third-order valence-electron chi connectivity index (χ3n) is 5.21. The zero-order valence-electron chi connectivity index (χ0n) is 16.6. The van der Waals surface area contributed by atoms with Gasteiger partial charge in [-0.3, -0.25) is 0 Å². The summed E-state index contributed by atoms with van der Waals surface area (Å²) in [5.74, 6) is 0.675. The van der Waals surface area contributed by atoms with Crippen LogP contribution in [0, 0.1) is 0 Å². The van der Waals surface area contributed by atoms with Crippen LogP contribution >= 0.6 is 11.3 Å². The second kappa shape index (κ2) is 8.64. The van der Waals surface area contributed by atoms with Gasteiger partial charge < -0.3 is 14.5 Å². The van der Waals surface area contributed by atoms with Crippen LogP contribution in [-0.4, -0.2) is 7.11 Å². The predicted octanol–water partition coefficient (Wildman–Crippen LogP) is 4.28. The van der Waals surface area contributed by atoms with E-state index in [0.717, 1.165) is 17.4 Å². The molecule has 1 atom stereocenters. The van der Waals surface area contributed by atoms with E-state index in [-0.39, 0.29) is 11.7 Å². The van der Waals surface area contributed by atoms with Crippen LogP contribution in [0.2, 0.25) is 0 Å². The van der Waals surface area contributed by atoms with Gasteiger partial charge in [-0.05, 0) is 35.6 Å². The van der Waals surface area contributed by atoms with Crippen molar-refractivity contribution in [2.75, 3.05) is 7.11 Å². The first-order chi connectivity index (χ1) is 14.2. The maximum atomic E-state index is 12.1. The normalized spacial score (nSPS) is 12.2. The summed E-state index contributed by atoms with van der Waals surface area (Å²) in [7, 11) is 1.60. The van der Waals surface area contributed by atoms with Gasteiger partial charge in [0.2, 0.25) is 0 Å². The Labute approximate surface area is 173 Å². The molecule has 0 saturated heterocycles. The third kappa shape index (κ3) is 4.26. The van der Waals surface area contributed by atoms with Crippen molar-refractivity contribution in [1.82, 2.24) is 0 Å². The molecule has 2 N–H and O–H groups in total. The van der Waals surface area contributed by atoms with E-state index >= 15 is 0 Å². The number of hydrogen-bond acceptors (Lipinski definition) is 4. The Morgan fingerprint density at radius 3 is 2.62 bits per heavy atom. The molecule has 0 unspecified atom stereocenters. The largest absolute Gasteiger partial charge is 0.497 e. The lowest BCUT2D eigenvalue weighted by atomic mass is 10.0. The lowest BCUT2D eigenvalue weighted by Gasteiger charge is -2.16. The topological polar surface area (TPSA) is 56.0 Å². The number of fused-ring (bicyclic) bond motifs is 1. The Bertz CT molecular complexity index is 1150. The van der Waals surface area contributed by atoms with Crippen molar-refractivity contribution < 1.29 is 14.5 Å². The third-order valence-corrected chi connectivity index (χ3v) is 6.16. The van der Waals surface area contributed by atoms with Crippen molar-refractivity contribution in [2.24, 2.45) is 0 Å². The van der Waals surface area contributed by atoms with Crippen LogP contribution in [0.25, 0.3) is 11.0 Å². The Balaban J connectivity index is 1.66. The van der Waals surface area contributed by atoms with Gasteiger partial charge in [-0.1, -0.05) is 37.3 Å². The second-order valence-electron chi connectivity index (χ2n) is 6.98. The van der Waals surface area contributed by atoms with E-state index in [1.807, 2.05) is 12.1 Å². The summed E-state index contributed by atoms with van der Waals surface area (Å²) in [6.07, 6.45) is 1.03. The molecule has 148 valence electrons. The van der Waals surface area contributed by atoms with Gasteiger partial charge >= 0.3 is 5.63 Å². The fourth-order valence-corrected chi connectivity index (χ4v) is 4.45. The van der Waals surface area contributed by atoms with Gasteiger partial charge in [0.1, 0.15) is 23.9 Å². The number of nitrogens with two attached hydrogens (primary N) is 1. The maximum Gasteiger partial charge on any atom is 0.336 e. The van der Waals surface area contributed by atoms with Gasteiger partial charge in [-0.2, -0.15) is 0 Å². The summed E-state index contributed by atoms with van der Waals surface area (Å²) in [4.78, 5) is 13.4. The Morgan fingerprint density at radius 2 is 1.93 bits per heavy atom. The average molecular weight is 407 g/mol. The summed E-state index contributed by atoms with van der Waals surface area (Å²) in [5, 5.41) is 5.33. The van der Waals surface area contributed by atoms with Crippen LogP contribution in [0.1, 0.15) is 34.5 Å². The lowest BCUT2D eigenvalue weighted by Crippen LogP contribution is -2.83. The van der Waals surface area contributed by atoms with E-state index in [1.54, 1.807) is 30.6 Å². The molecule has 5 heteroatoms. The Kier molecular flexibility index (Phi) is 5.79. The Morgan fingerprint density at radius 1 is 1.10 bits per heavy atom. The zero-order chi connectivity index (χ0) is 20.2. The van der Waals surface area contributed by atoms with E-state index in [4.69, 9.17) is 9.15 Å². The van der Waals surface area contributed by atoms with Crippen LogP contribution in [0.3, 0.4) is 0 Å². The number of rotatable bonds is 7. The average Bonchev–Trinajstić information content (AvgIpc) is 3.28. The van der Waals surface area contributed by atoms with Crippen LogP contribution < -0.4 is 15.7 Å². The number of thiophene rings is 1. The molecule has 4 rings (SSSR count). The highest BCUT2D eigenvalue weighted by Crippen LogP contribution is 2.25. The molecule has 0 aliphatic heterocycles. The van der Waals surface area contributed by atoms with Crippen LogP contribution in [-0.2, 0) is 13.0 Å². The van der Waals surface area contributed by atoms with Crippen molar-refractivity contribution in [2.45, 2.75) is 25.9 Å². The molecule has 0 spiro atoms. The standard InChI is InChI=1S/C24H23NO3S/c1-3-16-6-8-17(9-7-16)24(22-5-4-12-29-22)25-15-18-13-23(26)28-21-14-19(27-2)10-11-20(18)21/h4-14,24-25H,3,15H2,1-2H3/p+1/t24-/m0/s1. The summed E-state index contributed by atoms with van der Waals surface area (Å²) in [6.45, 7) is 2.84. The van der Waals surface area contributed by atoms with Crippen molar-refractivity contribution in [1.29, 1.82) is 0 Å². The summed E-state index contributed by atoms with van der Waals surface area (Å²) in [5.41, 5.74) is 3.78. The van der Waals surface area contributed by atoms with E-state index < -0.39 is 0 Å². The number of ether oxygens (including phenoxy) is 1. The summed E-state index contributed by atoms with van der Waals surface area (Å²) in [6, 6.07) is 20.5. The molecule has 0 bridgehead atoms. The quantitative estimate of drug-likeness (QED) is 0.466. The molecule has 2 aromatic heterocycles. The van der Waals surface area contributed by atoms with Crippen molar-refractivity contribution >= 4 is 22.3 Å². The maximum absolute atomic E-state index is 12.1. The van der Waals surface area contributed by atoms with E-state index in [0.29, 0.717) is 17.9 Å². The summed E-state index contributed by atoms with van der Waals surface area (Å²) < 4.78 is 10.6. The molecule has 0 saturated carbocycles. The molecular weight excluding hydrogens is 382 g/mol. The summed E-state index contributed by atoms with van der Waals surface area (Å²) >= 11 is 1.75. The first-order valence-corrected chi connectivity index (χ1v) is 10.6. The monoisotopic (exact) mass is 406 g/mol. The van der Waals surface area contributed by atoms with Crippen LogP contribution in [0.15, 0.2) is 75.3 Å². The molecule has 2 heterocycles. The van der Waals surface area contributed by atoms with Gasteiger partial charge in [-0.25, -0.2) is 4.79 Å². The zero-order valence-corrected chi connectivity index (χ0v) is 17.4. The van der Waals surface area contributed by atoms with Gasteiger partial charge in [0.15, 0.2) is 0 Å². The molecule has 4 nitrogen and oxygen atoms in total. The molecule has 29 heavy (non-hydrogen) atoms. The molecule has 0 radical (unpaired) electrons. The van der Waals surface area contributed by atoms with Crippen LogP contribution in [0.5, 0.6) is 5.75 Å². The number of benzene rings is 2. The fourth-order valence-electron chi connectivity index (χ4n) is 3.60.